The maximum absolute atomic E-state index is 5.69. The lowest BCUT2D eigenvalue weighted by Gasteiger charge is -2.08. The molecule has 1 heterocycles. The number of hydrogen-bond donors (Lipinski definition) is 1. The van der Waals surface area contributed by atoms with Crippen molar-refractivity contribution in [1.29, 1.82) is 0 Å². The third-order valence-electron chi connectivity index (χ3n) is 1.38. The van der Waals surface area contributed by atoms with E-state index in [1.54, 1.807) is 0 Å². The molecule has 1 rings (SSSR count). The van der Waals surface area contributed by atoms with Crippen LogP contribution in [0.5, 0.6) is 0 Å². The van der Waals surface area contributed by atoms with E-state index in [-0.39, 0.29) is 6.04 Å². The van der Waals surface area contributed by atoms with E-state index in [2.05, 4.69) is 10.1 Å². The highest BCUT2D eigenvalue weighted by molar-refractivity contribution is 4.86. The Morgan fingerprint density at radius 2 is 2.30 bits per heavy atom. The molecule has 0 bridgehead atoms. The van der Waals surface area contributed by atoms with E-state index in [1.165, 1.54) is 6.33 Å². The van der Waals surface area contributed by atoms with Crippen LogP contribution in [0.15, 0.2) is 10.9 Å². The second-order valence-corrected chi connectivity index (χ2v) is 2.55. The Balaban J connectivity index is 2.68. The van der Waals surface area contributed by atoms with E-state index in [9.17, 15) is 0 Å². The minimum atomic E-state index is -0.137. The van der Waals surface area contributed by atoms with Crippen molar-refractivity contribution in [2.75, 3.05) is 0 Å². The van der Waals surface area contributed by atoms with Crippen molar-refractivity contribution in [2.24, 2.45) is 11.7 Å². The fourth-order valence-electron chi connectivity index (χ4n) is 0.614. The van der Waals surface area contributed by atoms with Crippen molar-refractivity contribution in [1.82, 2.24) is 10.1 Å². The summed E-state index contributed by atoms with van der Waals surface area (Å²) in [6.45, 7) is 4.02. The van der Waals surface area contributed by atoms with Gasteiger partial charge in [-0.2, -0.15) is 4.98 Å². The molecule has 0 aromatic carbocycles. The van der Waals surface area contributed by atoms with Crippen LogP contribution in [0.4, 0.5) is 0 Å². The third-order valence-corrected chi connectivity index (χ3v) is 1.38. The number of hydrogen-bond acceptors (Lipinski definition) is 4. The van der Waals surface area contributed by atoms with Crippen molar-refractivity contribution >= 4 is 0 Å². The highest BCUT2D eigenvalue weighted by atomic mass is 16.5. The van der Waals surface area contributed by atoms with E-state index in [4.69, 9.17) is 10.3 Å². The molecule has 0 aliphatic carbocycles. The first-order chi connectivity index (χ1) is 4.72. The summed E-state index contributed by atoms with van der Waals surface area (Å²) in [4.78, 5) is 3.83. The van der Waals surface area contributed by atoms with Crippen LogP contribution in [0.2, 0.25) is 0 Å². The summed E-state index contributed by atoms with van der Waals surface area (Å²) in [6, 6.07) is -0.137. The number of nitrogens with two attached hydrogens (primary N) is 1. The molecule has 1 atom stereocenters. The van der Waals surface area contributed by atoms with Crippen LogP contribution in [0, 0.1) is 5.92 Å². The van der Waals surface area contributed by atoms with Crippen LogP contribution in [0.3, 0.4) is 0 Å². The monoisotopic (exact) mass is 141 g/mol. The van der Waals surface area contributed by atoms with Crippen molar-refractivity contribution in [3.8, 4) is 0 Å². The average Bonchev–Trinajstić information content (AvgIpc) is 2.36. The van der Waals surface area contributed by atoms with Crippen molar-refractivity contribution in [3.63, 3.8) is 0 Å². The third kappa shape index (κ3) is 1.33. The lowest BCUT2D eigenvalue weighted by atomic mass is 10.1. The Bertz CT molecular complexity index is 183. The molecule has 1 aromatic heterocycles. The van der Waals surface area contributed by atoms with E-state index < -0.39 is 0 Å². The highest BCUT2D eigenvalue weighted by Gasteiger charge is 2.14. The quantitative estimate of drug-likeness (QED) is 0.659. The molecule has 0 unspecified atom stereocenters. The van der Waals surface area contributed by atoms with Gasteiger partial charge in [0, 0.05) is 0 Å². The first-order valence-corrected chi connectivity index (χ1v) is 3.24. The van der Waals surface area contributed by atoms with Gasteiger partial charge in [-0.1, -0.05) is 19.0 Å². The van der Waals surface area contributed by atoms with E-state index in [0.717, 1.165) is 0 Å². The number of aromatic nitrogens is 2. The van der Waals surface area contributed by atoms with Gasteiger partial charge in [-0.05, 0) is 5.92 Å². The normalized spacial score (nSPS) is 14.0. The zero-order valence-corrected chi connectivity index (χ0v) is 6.11. The summed E-state index contributed by atoms with van der Waals surface area (Å²) >= 11 is 0. The molecule has 0 radical (unpaired) electrons. The molecule has 56 valence electrons. The van der Waals surface area contributed by atoms with Crippen LogP contribution >= 0.6 is 0 Å². The van der Waals surface area contributed by atoms with Gasteiger partial charge >= 0.3 is 0 Å². The minimum Gasteiger partial charge on any atom is -0.338 e. The Kier molecular flexibility index (Phi) is 2.01. The first kappa shape index (κ1) is 7.21. The van der Waals surface area contributed by atoms with Gasteiger partial charge in [0.1, 0.15) is 0 Å². The average molecular weight is 141 g/mol. The van der Waals surface area contributed by atoms with Gasteiger partial charge < -0.3 is 10.3 Å². The molecule has 10 heavy (non-hydrogen) atoms. The lowest BCUT2D eigenvalue weighted by molar-refractivity contribution is 0.324. The van der Waals surface area contributed by atoms with Gasteiger partial charge in [0.25, 0.3) is 0 Å². The molecular weight excluding hydrogens is 130 g/mol. The molecule has 0 saturated heterocycles. The molecule has 0 amide bonds. The molecule has 0 aliphatic heterocycles. The van der Waals surface area contributed by atoms with Crippen LogP contribution in [0.1, 0.15) is 25.8 Å². The van der Waals surface area contributed by atoms with Gasteiger partial charge in [0.2, 0.25) is 5.89 Å². The van der Waals surface area contributed by atoms with Gasteiger partial charge in [-0.15, -0.1) is 0 Å². The standard InChI is InChI=1S/C6H11N3O/c1-4(2)5(7)6-8-3-9-10-6/h3-5H,7H2,1-2H3/t5-/m0/s1. The predicted molar refractivity (Wildman–Crippen MR) is 36.1 cm³/mol. The van der Waals surface area contributed by atoms with Crippen LogP contribution in [-0.2, 0) is 0 Å². The summed E-state index contributed by atoms with van der Waals surface area (Å²) in [5.41, 5.74) is 5.69. The lowest BCUT2D eigenvalue weighted by Crippen LogP contribution is -2.16. The summed E-state index contributed by atoms with van der Waals surface area (Å²) < 4.78 is 4.77. The zero-order valence-electron chi connectivity index (χ0n) is 6.11. The smallest absolute Gasteiger partial charge is 0.243 e. The Labute approximate surface area is 59.4 Å². The first-order valence-electron chi connectivity index (χ1n) is 3.24. The second kappa shape index (κ2) is 2.79. The molecule has 1 aromatic rings. The Morgan fingerprint density at radius 3 is 2.70 bits per heavy atom. The Morgan fingerprint density at radius 1 is 1.60 bits per heavy atom. The SMILES string of the molecule is CC(C)[C@H](N)c1ncno1. The maximum atomic E-state index is 5.69. The summed E-state index contributed by atoms with van der Waals surface area (Å²) in [5.74, 6) is 0.843. The Hall–Kier alpha value is -0.900. The van der Waals surface area contributed by atoms with Crippen molar-refractivity contribution in [3.05, 3.63) is 12.2 Å². The summed E-state index contributed by atoms with van der Waals surface area (Å²) in [5, 5.41) is 3.46. The maximum Gasteiger partial charge on any atom is 0.243 e. The number of nitrogens with zero attached hydrogens (tertiary/aromatic N) is 2. The zero-order chi connectivity index (χ0) is 7.56. The minimum absolute atomic E-state index is 0.137. The molecule has 2 N–H and O–H groups in total. The van der Waals surface area contributed by atoms with E-state index >= 15 is 0 Å². The topological polar surface area (TPSA) is 64.9 Å². The predicted octanol–water partition coefficient (Wildman–Crippen LogP) is 0.725. The highest BCUT2D eigenvalue weighted by Crippen LogP contribution is 2.14. The molecule has 0 saturated carbocycles. The van der Waals surface area contributed by atoms with Crippen molar-refractivity contribution in [2.45, 2.75) is 19.9 Å². The molecule has 0 aliphatic rings. The van der Waals surface area contributed by atoms with Crippen LogP contribution < -0.4 is 5.73 Å². The van der Waals surface area contributed by atoms with Gasteiger partial charge in [-0.3, -0.25) is 0 Å². The van der Waals surface area contributed by atoms with Gasteiger partial charge in [-0.25, -0.2) is 0 Å². The van der Waals surface area contributed by atoms with Gasteiger partial charge in [0.05, 0.1) is 6.04 Å². The fourth-order valence-corrected chi connectivity index (χ4v) is 0.614. The second-order valence-electron chi connectivity index (χ2n) is 2.55. The molecule has 0 spiro atoms. The van der Waals surface area contributed by atoms with Crippen LogP contribution in [-0.4, -0.2) is 10.1 Å². The molecule has 0 fully saturated rings. The van der Waals surface area contributed by atoms with Gasteiger partial charge in [0.15, 0.2) is 6.33 Å². The molecule has 4 nitrogen and oxygen atoms in total. The molecular formula is C6H11N3O. The largest absolute Gasteiger partial charge is 0.338 e. The van der Waals surface area contributed by atoms with Crippen LogP contribution in [0.25, 0.3) is 0 Å². The van der Waals surface area contributed by atoms with E-state index in [0.29, 0.717) is 11.8 Å². The summed E-state index contributed by atoms with van der Waals surface area (Å²) in [7, 11) is 0. The summed E-state index contributed by atoms with van der Waals surface area (Å²) in [6.07, 6.45) is 1.36. The van der Waals surface area contributed by atoms with E-state index in [1.807, 2.05) is 13.8 Å². The number of rotatable bonds is 2. The van der Waals surface area contributed by atoms with Crippen molar-refractivity contribution < 1.29 is 4.52 Å². The fraction of sp³-hybridized carbons (Fsp3) is 0.667. The molecule has 4 heteroatoms.